The van der Waals surface area contributed by atoms with Gasteiger partial charge in [0, 0.05) is 18.3 Å². The van der Waals surface area contributed by atoms with Crippen LogP contribution in [-0.2, 0) is 4.79 Å². The van der Waals surface area contributed by atoms with E-state index in [1.807, 2.05) is 23.6 Å². The number of aromatic nitrogens is 5. The van der Waals surface area contributed by atoms with Crippen LogP contribution in [0, 0.1) is 17.8 Å². The minimum Gasteiger partial charge on any atom is -0.481 e. The molecule has 8 nitrogen and oxygen atoms in total. The molecule has 0 aliphatic heterocycles. The van der Waals surface area contributed by atoms with E-state index >= 15 is 0 Å². The summed E-state index contributed by atoms with van der Waals surface area (Å²) >= 11 is 7.69. The zero-order valence-corrected chi connectivity index (χ0v) is 19.1. The second kappa shape index (κ2) is 8.07. The average Bonchev–Trinajstić information content (AvgIpc) is 3.49. The minimum absolute atomic E-state index is 0.147. The van der Waals surface area contributed by atoms with E-state index in [-0.39, 0.29) is 12.0 Å². The Morgan fingerprint density at radius 2 is 2.00 bits per heavy atom. The van der Waals surface area contributed by atoms with Crippen LogP contribution in [0.2, 0.25) is 5.15 Å². The number of rotatable bonds is 5. The first-order valence-corrected chi connectivity index (χ1v) is 12.2. The van der Waals surface area contributed by atoms with Crippen molar-refractivity contribution in [3.8, 4) is 22.0 Å². The molecule has 4 heterocycles. The third kappa shape index (κ3) is 3.65. The highest BCUT2D eigenvalue weighted by Crippen LogP contribution is 2.46. The summed E-state index contributed by atoms with van der Waals surface area (Å²) in [6, 6.07) is 5.75. The molecular weight excluding hydrogens is 460 g/mol. The summed E-state index contributed by atoms with van der Waals surface area (Å²) in [5, 5.41) is 15.8. The van der Waals surface area contributed by atoms with Crippen LogP contribution in [0.15, 0.2) is 36.0 Å². The van der Waals surface area contributed by atoms with Gasteiger partial charge in [-0.1, -0.05) is 17.7 Å². The Kier molecular flexibility index (Phi) is 5.03. The normalized spacial score (nSPS) is 24.3. The van der Waals surface area contributed by atoms with Gasteiger partial charge in [0.1, 0.15) is 16.5 Å². The first-order valence-electron chi connectivity index (χ1n) is 11.0. The van der Waals surface area contributed by atoms with Crippen molar-refractivity contribution in [3.63, 3.8) is 0 Å². The maximum Gasteiger partial charge on any atom is 0.308 e. The highest BCUT2D eigenvalue weighted by Gasteiger charge is 2.47. The number of aromatic amines is 1. The molecule has 2 atom stereocenters. The van der Waals surface area contributed by atoms with Crippen molar-refractivity contribution >= 4 is 45.9 Å². The van der Waals surface area contributed by atoms with Gasteiger partial charge in [0.15, 0.2) is 11.5 Å². The molecule has 2 unspecified atom stereocenters. The Morgan fingerprint density at radius 1 is 1.18 bits per heavy atom. The van der Waals surface area contributed by atoms with Crippen molar-refractivity contribution in [1.29, 1.82) is 0 Å². The average molecular weight is 481 g/mol. The molecule has 3 aliphatic carbocycles. The summed E-state index contributed by atoms with van der Waals surface area (Å²) < 4.78 is 0. The number of carboxylic acid groups (broad SMARTS) is 1. The fourth-order valence-electron chi connectivity index (χ4n) is 5.42. The Labute approximate surface area is 198 Å². The van der Waals surface area contributed by atoms with Crippen LogP contribution in [-0.4, -0.2) is 42.0 Å². The molecule has 0 radical (unpaired) electrons. The second-order valence-corrected chi connectivity index (χ2v) is 10.1. The van der Waals surface area contributed by atoms with Crippen LogP contribution < -0.4 is 5.32 Å². The van der Waals surface area contributed by atoms with E-state index in [1.54, 1.807) is 17.5 Å². The van der Waals surface area contributed by atoms with Crippen LogP contribution in [0.4, 0.5) is 5.82 Å². The van der Waals surface area contributed by atoms with Crippen LogP contribution in [0.3, 0.4) is 0 Å². The largest absolute Gasteiger partial charge is 0.481 e. The van der Waals surface area contributed by atoms with E-state index in [1.165, 1.54) is 6.20 Å². The summed E-state index contributed by atoms with van der Waals surface area (Å²) in [5.74, 6) is 0.525. The van der Waals surface area contributed by atoms with Crippen LogP contribution >= 0.6 is 22.9 Å². The van der Waals surface area contributed by atoms with E-state index in [0.717, 1.165) is 36.3 Å². The number of halogens is 1. The SMILES string of the molecule is O=C(O)C1C2CCC(CC2)C1Nc1cc(-c2cccs2)nc(-c2c[nH]c3ncc(Cl)nc23)n1. The fourth-order valence-corrected chi connectivity index (χ4v) is 6.24. The summed E-state index contributed by atoms with van der Waals surface area (Å²) in [6.07, 6.45) is 7.36. The maximum atomic E-state index is 12.1. The molecule has 0 spiro atoms. The number of hydrogen-bond donors (Lipinski definition) is 3. The number of hydrogen-bond acceptors (Lipinski definition) is 7. The monoisotopic (exact) mass is 480 g/mol. The van der Waals surface area contributed by atoms with Crippen molar-refractivity contribution in [2.24, 2.45) is 17.8 Å². The zero-order valence-electron chi connectivity index (χ0n) is 17.5. The van der Waals surface area contributed by atoms with Gasteiger partial charge in [-0.05, 0) is 49.0 Å². The topological polar surface area (TPSA) is 117 Å². The molecule has 10 heteroatoms. The first-order chi connectivity index (χ1) is 16.1. The van der Waals surface area contributed by atoms with Crippen molar-refractivity contribution in [3.05, 3.63) is 41.1 Å². The van der Waals surface area contributed by atoms with Crippen LogP contribution in [0.1, 0.15) is 25.7 Å². The van der Waals surface area contributed by atoms with E-state index in [9.17, 15) is 9.90 Å². The van der Waals surface area contributed by atoms with Gasteiger partial charge in [-0.2, -0.15) is 0 Å². The second-order valence-electron chi connectivity index (χ2n) is 8.74. The number of carbonyl (C=O) groups is 1. The molecule has 0 saturated heterocycles. The molecule has 3 aliphatic rings. The highest BCUT2D eigenvalue weighted by atomic mass is 35.5. The Hall–Kier alpha value is -3.04. The summed E-state index contributed by atoms with van der Waals surface area (Å²) in [7, 11) is 0. The number of nitrogens with zero attached hydrogens (tertiary/aromatic N) is 4. The third-order valence-electron chi connectivity index (χ3n) is 6.91. The number of carboxylic acids is 1. The fraction of sp³-hybridized carbons (Fsp3) is 0.348. The molecule has 0 aromatic carbocycles. The van der Waals surface area contributed by atoms with Crippen molar-refractivity contribution in [2.45, 2.75) is 31.7 Å². The molecule has 4 aromatic rings. The predicted octanol–water partition coefficient (Wildman–Crippen LogP) is 5.10. The Morgan fingerprint density at radius 3 is 2.76 bits per heavy atom. The molecule has 168 valence electrons. The van der Waals surface area contributed by atoms with Gasteiger partial charge >= 0.3 is 5.97 Å². The predicted molar refractivity (Wildman–Crippen MR) is 127 cm³/mol. The molecular formula is C23H21ClN6O2S. The summed E-state index contributed by atoms with van der Waals surface area (Å²) in [6.45, 7) is 0. The van der Waals surface area contributed by atoms with Crippen molar-refractivity contribution < 1.29 is 9.90 Å². The number of fused-ring (bicyclic) bond motifs is 4. The van der Waals surface area contributed by atoms with E-state index in [2.05, 4.69) is 20.3 Å². The Bertz CT molecular complexity index is 1330. The number of nitrogens with one attached hydrogen (secondary N) is 2. The first kappa shape index (κ1) is 20.6. The molecule has 0 amide bonds. The lowest BCUT2D eigenvalue weighted by Gasteiger charge is -2.47. The van der Waals surface area contributed by atoms with Gasteiger partial charge in [-0.3, -0.25) is 4.79 Å². The van der Waals surface area contributed by atoms with E-state index < -0.39 is 11.9 Å². The lowest BCUT2D eigenvalue weighted by molar-refractivity contribution is -0.148. The van der Waals surface area contributed by atoms with Gasteiger partial charge in [-0.25, -0.2) is 19.9 Å². The lowest BCUT2D eigenvalue weighted by atomic mass is 9.61. The minimum atomic E-state index is -0.726. The zero-order chi connectivity index (χ0) is 22.5. The van der Waals surface area contributed by atoms with Crippen molar-refractivity contribution in [2.75, 3.05) is 5.32 Å². The van der Waals surface area contributed by atoms with Gasteiger partial charge in [0.05, 0.1) is 28.2 Å². The quantitative estimate of drug-likeness (QED) is 0.364. The van der Waals surface area contributed by atoms with Gasteiger partial charge < -0.3 is 15.4 Å². The standard InChI is InChI=1S/C23H21ClN6O2S/c24-16-10-26-22-20(28-16)13(9-25-22)21-27-14(15-2-1-7-33-15)8-17(30-21)29-19-12-5-3-11(4-6-12)18(19)23(31)32/h1-2,7-12,18-19H,3-6H2,(H,25,26)(H,31,32)(H,27,29,30). The molecule has 33 heavy (non-hydrogen) atoms. The molecule has 3 N–H and O–H groups in total. The molecule has 7 rings (SSSR count). The van der Waals surface area contributed by atoms with E-state index in [4.69, 9.17) is 21.6 Å². The van der Waals surface area contributed by atoms with Crippen molar-refractivity contribution in [1.82, 2.24) is 24.9 Å². The number of aliphatic carboxylic acids is 1. The smallest absolute Gasteiger partial charge is 0.308 e. The summed E-state index contributed by atoms with van der Waals surface area (Å²) in [5.41, 5.74) is 2.66. The molecule has 4 aromatic heterocycles. The lowest BCUT2D eigenvalue weighted by Crippen LogP contribution is -2.51. The van der Waals surface area contributed by atoms with Crippen LogP contribution in [0.5, 0.6) is 0 Å². The number of anilines is 1. The number of H-pyrrole nitrogens is 1. The van der Waals surface area contributed by atoms with Gasteiger partial charge in [-0.15, -0.1) is 11.3 Å². The molecule has 3 saturated carbocycles. The van der Waals surface area contributed by atoms with Crippen LogP contribution in [0.25, 0.3) is 33.1 Å². The highest BCUT2D eigenvalue weighted by molar-refractivity contribution is 7.13. The maximum absolute atomic E-state index is 12.1. The third-order valence-corrected chi connectivity index (χ3v) is 7.99. The summed E-state index contributed by atoms with van der Waals surface area (Å²) in [4.78, 5) is 34.5. The number of thiophene rings is 1. The molecule has 2 bridgehead atoms. The molecule has 3 fully saturated rings. The Balaban J connectivity index is 1.45. The van der Waals surface area contributed by atoms with E-state index in [0.29, 0.717) is 39.4 Å². The van der Waals surface area contributed by atoms with Gasteiger partial charge in [0.25, 0.3) is 0 Å². The van der Waals surface area contributed by atoms with Gasteiger partial charge in [0.2, 0.25) is 0 Å².